The van der Waals surface area contributed by atoms with Gasteiger partial charge < -0.3 is 0 Å². The first-order valence-corrected chi connectivity index (χ1v) is 11.0. The van der Waals surface area contributed by atoms with Gasteiger partial charge in [-0.2, -0.15) is 0 Å². The highest BCUT2D eigenvalue weighted by Gasteiger charge is 2.23. The summed E-state index contributed by atoms with van der Waals surface area (Å²) in [5.74, 6) is 0. The summed E-state index contributed by atoms with van der Waals surface area (Å²) < 4.78 is 26.7. The largest absolute Gasteiger partial charge is 0.287 e. The van der Waals surface area contributed by atoms with Gasteiger partial charge in [-0.3, -0.25) is 10.1 Å². The van der Waals surface area contributed by atoms with Gasteiger partial charge >= 0.3 is 0 Å². The van der Waals surface area contributed by atoms with E-state index in [4.69, 9.17) is 0 Å². The van der Waals surface area contributed by atoms with Gasteiger partial charge in [-0.05, 0) is 42.3 Å². The van der Waals surface area contributed by atoms with Gasteiger partial charge in [0.2, 0.25) is 9.84 Å². The van der Waals surface area contributed by atoms with Crippen molar-refractivity contribution in [3.8, 4) is 11.3 Å². The minimum absolute atomic E-state index is 0.0992. The van der Waals surface area contributed by atoms with Crippen molar-refractivity contribution in [2.45, 2.75) is 20.9 Å². The van der Waals surface area contributed by atoms with Crippen molar-refractivity contribution in [2.24, 2.45) is 0 Å². The summed E-state index contributed by atoms with van der Waals surface area (Å²) in [5.41, 5.74) is 1.62. The second-order valence-electron chi connectivity index (χ2n) is 5.42. The minimum atomic E-state index is -3.65. The fraction of sp³-hybridized carbons (Fsp3) is 0.118. The Labute approximate surface area is 159 Å². The number of pyridine rings is 1. The summed E-state index contributed by atoms with van der Waals surface area (Å²) in [6.07, 6.45) is 3.01. The Morgan fingerprint density at radius 2 is 2.00 bits per heavy atom. The smallest absolute Gasteiger partial charge is 0.258 e. The molecule has 0 aliphatic carbocycles. The first kappa shape index (κ1) is 18.6. The number of hydrogen-bond acceptors (Lipinski definition) is 7. The molecular formula is C17H14N2O4S3. The molecule has 2 heterocycles. The van der Waals surface area contributed by atoms with Crippen LogP contribution in [-0.4, -0.2) is 24.6 Å². The molecule has 0 radical (unpaired) electrons. The van der Waals surface area contributed by atoms with E-state index in [9.17, 15) is 18.5 Å². The molecule has 2 aromatic heterocycles. The van der Waals surface area contributed by atoms with E-state index >= 15 is 0 Å². The highest BCUT2D eigenvalue weighted by atomic mass is 32.2. The van der Waals surface area contributed by atoms with E-state index in [1.807, 2.05) is 6.26 Å². The Kier molecular flexibility index (Phi) is 5.12. The summed E-state index contributed by atoms with van der Waals surface area (Å²) in [7, 11) is -3.65. The number of benzene rings is 1. The van der Waals surface area contributed by atoms with Gasteiger partial charge in [-0.15, -0.1) is 23.1 Å². The molecule has 0 amide bonds. The second-order valence-corrected chi connectivity index (χ2v) is 9.33. The molecule has 3 aromatic rings. The van der Waals surface area contributed by atoms with Crippen LogP contribution in [0.15, 0.2) is 62.0 Å². The molecule has 0 saturated carbocycles. The van der Waals surface area contributed by atoms with Crippen molar-refractivity contribution in [1.29, 1.82) is 0 Å². The van der Waals surface area contributed by atoms with Gasteiger partial charge in [0.25, 0.3) is 5.69 Å². The van der Waals surface area contributed by atoms with Gasteiger partial charge in [-0.25, -0.2) is 13.4 Å². The van der Waals surface area contributed by atoms with Crippen LogP contribution in [-0.2, 0) is 9.84 Å². The molecule has 134 valence electrons. The second kappa shape index (κ2) is 7.18. The van der Waals surface area contributed by atoms with E-state index < -0.39 is 14.8 Å². The van der Waals surface area contributed by atoms with E-state index in [-0.39, 0.29) is 10.6 Å². The number of nitrogens with zero attached hydrogens (tertiary/aromatic N) is 2. The minimum Gasteiger partial charge on any atom is -0.258 e. The van der Waals surface area contributed by atoms with E-state index in [2.05, 4.69) is 4.98 Å². The van der Waals surface area contributed by atoms with Gasteiger partial charge in [0.05, 0.1) is 24.6 Å². The van der Waals surface area contributed by atoms with Crippen LogP contribution in [0.5, 0.6) is 0 Å². The summed E-state index contributed by atoms with van der Waals surface area (Å²) >= 11 is 2.78. The van der Waals surface area contributed by atoms with Crippen LogP contribution < -0.4 is 0 Å². The van der Waals surface area contributed by atoms with Crippen LogP contribution in [0.25, 0.3) is 11.3 Å². The number of nitro groups is 1. The lowest BCUT2D eigenvalue weighted by Crippen LogP contribution is -2.02. The van der Waals surface area contributed by atoms with Gasteiger partial charge in [0.1, 0.15) is 6.20 Å². The lowest BCUT2D eigenvalue weighted by molar-refractivity contribution is -0.385. The molecule has 0 atom stereocenters. The predicted octanol–water partition coefficient (Wildman–Crippen LogP) is 4.58. The molecule has 3 rings (SSSR count). The summed E-state index contributed by atoms with van der Waals surface area (Å²) in [6.45, 7) is 1.71. The Balaban J connectivity index is 2.08. The Morgan fingerprint density at radius 1 is 1.23 bits per heavy atom. The summed E-state index contributed by atoms with van der Waals surface area (Å²) in [4.78, 5) is 15.0. The van der Waals surface area contributed by atoms with Crippen LogP contribution in [0, 0.1) is 17.0 Å². The first-order chi connectivity index (χ1) is 12.3. The fourth-order valence-electron chi connectivity index (χ4n) is 2.53. The van der Waals surface area contributed by atoms with Crippen LogP contribution >= 0.6 is 23.1 Å². The lowest BCUT2D eigenvalue weighted by Gasteiger charge is -2.09. The van der Waals surface area contributed by atoms with Crippen LogP contribution in [0.2, 0.25) is 0 Å². The molecule has 0 aliphatic rings. The molecule has 0 N–H and O–H groups in total. The van der Waals surface area contributed by atoms with Crippen molar-refractivity contribution in [1.82, 2.24) is 4.98 Å². The number of thiophene rings is 1. The molecule has 0 spiro atoms. The van der Waals surface area contributed by atoms with E-state index in [0.717, 1.165) is 4.21 Å². The van der Waals surface area contributed by atoms with Crippen LogP contribution in [0.1, 0.15) is 5.56 Å². The molecule has 1 aromatic carbocycles. The van der Waals surface area contributed by atoms with Crippen molar-refractivity contribution in [3.63, 3.8) is 0 Å². The molecule has 9 heteroatoms. The molecule has 0 fully saturated rings. The molecule has 0 unspecified atom stereocenters. The van der Waals surface area contributed by atoms with E-state index in [1.165, 1.54) is 35.4 Å². The van der Waals surface area contributed by atoms with Gasteiger partial charge in [0, 0.05) is 11.6 Å². The topological polar surface area (TPSA) is 90.2 Å². The van der Waals surface area contributed by atoms with Crippen LogP contribution in [0.4, 0.5) is 5.69 Å². The highest BCUT2D eigenvalue weighted by Crippen LogP contribution is 2.35. The zero-order valence-corrected chi connectivity index (χ0v) is 16.3. The number of thioether (sulfide) groups is 1. The Morgan fingerprint density at radius 3 is 2.65 bits per heavy atom. The van der Waals surface area contributed by atoms with E-state index in [1.54, 1.807) is 42.6 Å². The van der Waals surface area contributed by atoms with Crippen molar-refractivity contribution in [2.75, 3.05) is 6.26 Å². The summed E-state index contributed by atoms with van der Waals surface area (Å²) in [5, 5.41) is 12.6. The van der Waals surface area contributed by atoms with Crippen LogP contribution in [0.3, 0.4) is 0 Å². The first-order valence-electron chi connectivity index (χ1n) is 7.42. The third-order valence-electron chi connectivity index (χ3n) is 3.76. The highest BCUT2D eigenvalue weighted by molar-refractivity contribution is 8.01. The van der Waals surface area contributed by atoms with Gasteiger partial charge in [0.15, 0.2) is 0 Å². The quantitative estimate of drug-likeness (QED) is 0.350. The molecule has 0 aliphatic heterocycles. The van der Waals surface area contributed by atoms with Gasteiger partial charge in [-0.1, -0.05) is 12.1 Å². The van der Waals surface area contributed by atoms with E-state index in [0.29, 0.717) is 21.7 Å². The number of hydrogen-bond donors (Lipinski definition) is 0. The monoisotopic (exact) mass is 406 g/mol. The maximum atomic E-state index is 13.0. The number of sulfone groups is 1. The predicted molar refractivity (Wildman–Crippen MR) is 103 cm³/mol. The zero-order valence-electron chi connectivity index (χ0n) is 13.9. The number of aryl methyl sites for hydroxylation is 1. The maximum absolute atomic E-state index is 13.0. The van der Waals surface area contributed by atoms with Crippen molar-refractivity contribution < 1.29 is 13.3 Å². The molecule has 26 heavy (non-hydrogen) atoms. The standard InChI is InChI=1S/C17H14N2O4S3/c1-11-8-13(19(20)21)10-18-16(11)12-4-3-5-14(9-12)26(22,23)15-6-7-25-17(15)24-2/h3-10H,1-2H3. The number of aromatic nitrogens is 1. The summed E-state index contributed by atoms with van der Waals surface area (Å²) in [6, 6.07) is 9.51. The molecular weight excluding hydrogens is 392 g/mol. The zero-order chi connectivity index (χ0) is 18.9. The molecule has 0 bridgehead atoms. The average Bonchev–Trinajstić information content (AvgIpc) is 3.11. The third kappa shape index (κ3) is 3.37. The lowest BCUT2D eigenvalue weighted by atomic mass is 10.1. The maximum Gasteiger partial charge on any atom is 0.287 e. The number of rotatable bonds is 5. The van der Waals surface area contributed by atoms with Crippen molar-refractivity contribution >= 4 is 38.6 Å². The fourth-order valence-corrected chi connectivity index (χ4v) is 6.26. The third-order valence-corrected chi connectivity index (χ3v) is 7.90. The Hall–Kier alpha value is -2.23. The molecule has 6 nitrogen and oxygen atoms in total. The average molecular weight is 407 g/mol. The van der Waals surface area contributed by atoms with Crippen molar-refractivity contribution in [3.05, 3.63) is 63.7 Å². The Bertz CT molecular complexity index is 1090. The molecule has 0 saturated heterocycles. The SMILES string of the molecule is CSc1sccc1S(=O)(=O)c1cccc(-c2ncc([N+](=O)[O-])cc2C)c1. The normalized spacial score (nSPS) is 11.5.